The molecule has 0 amide bonds. The van der Waals surface area contributed by atoms with Crippen molar-refractivity contribution in [3.63, 3.8) is 0 Å². The first-order valence-corrected chi connectivity index (χ1v) is 9.71. The van der Waals surface area contributed by atoms with Gasteiger partial charge in [-0.15, -0.1) is 11.3 Å². The molecule has 0 saturated carbocycles. The fourth-order valence-corrected chi connectivity index (χ4v) is 4.77. The van der Waals surface area contributed by atoms with Crippen molar-refractivity contribution in [1.29, 1.82) is 0 Å². The third-order valence-electron chi connectivity index (χ3n) is 4.09. The zero-order chi connectivity index (χ0) is 17.2. The molecule has 2 aromatic heterocycles. The minimum atomic E-state index is 0.00798. The molecule has 0 aliphatic carbocycles. The summed E-state index contributed by atoms with van der Waals surface area (Å²) in [5.74, 6) is 0. The summed E-state index contributed by atoms with van der Waals surface area (Å²) in [4.78, 5) is 18.1. The smallest absolute Gasteiger partial charge is 0.262 e. The van der Waals surface area contributed by atoms with E-state index in [2.05, 4.69) is 24.3 Å². The quantitative estimate of drug-likeness (QED) is 0.382. The van der Waals surface area contributed by atoms with Gasteiger partial charge < -0.3 is 0 Å². The molecule has 0 N–H and O–H groups in total. The van der Waals surface area contributed by atoms with Gasteiger partial charge in [0.05, 0.1) is 10.6 Å². The molecule has 124 valence electrons. The lowest BCUT2D eigenvalue weighted by Gasteiger charge is -2.18. The zero-order valence-corrected chi connectivity index (χ0v) is 15.3. The number of thioether (sulfide) groups is 1. The number of hydrogen-bond donors (Lipinski definition) is 0. The molecule has 0 aliphatic rings. The summed E-state index contributed by atoms with van der Waals surface area (Å²) in [5, 5.41) is 3.42. The lowest BCUT2D eigenvalue weighted by atomic mass is 10.0. The number of hydrogen-bond acceptors (Lipinski definition) is 4. The average Bonchev–Trinajstić information content (AvgIpc) is 3.13. The highest BCUT2D eigenvalue weighted by molar-refractivity contribution is 7.99. The number of aromatic nitrogens is 2. The van der Waals surface area contributed by atoms with Gasteiger partial charge in [-0.3, -0.25) is 9.36 Å². The van der Waals surface area contributed by atoms with Crippen LogP contribution < -0.4 is 5.56 Å². The fourth-order valence-electron chi connectivity index (χ4n) is 2.78. The summed E-state index contributed by atoms with van der Waals surface area (Å²) >= 11 is 3.12. The number of rotatable bonds is 4. The van der Waals surface area contributed by atoms with Gasteiger partial charge in [-0.1, -0.05) is 72.4 Å². The number of fused-ring (bicyclic) bond motifs is 1. The summed E-state index contributed by atoms with van der Waals surface area (Å²) in [6.07, 6.45) is 0. The Balaban J connectivity index is 1.82. The Hall–Kier alpha value is -2.37. The molecule has 3 nitrogen and oxygen atoms in total. The number of benzene rings is 2. The summed E-state index contributed by atoms with van der Waals surface area (Å²) in [7, 11) is 1.79. The predicted molar refractivity (Wildman–Crippen MR) is 105 cm³/mol. The minimum Gasteiger partial charge on any atom is -0.290 e. The van der Waals surface area contributed by atoms with Crippen molar-refractivity contribution < 1.29 is 0 Å². The molecule has 0 atom stereocenters. The van der Waals surface area contributed by atoms with E-state index in [1.165, 1.54) is 22.5 Å². The van der Waals surface area contributed by atoms with Crippen molar-refractivity contribution in [2.45, 2.75) is 10.4 Å². The van der Waals surface area contributed by atoms with Crippen molar-refractivity contribution in [3.05, 3.63) is 93.6 Å². The van der Waals surface area contributed by atoms with Crippen LogP contribution in [-0.4, -0.2) is 9.55 Å². The van der Waals surface area contributed by atoms with E-state index in [-0.39, 0.29) is 10.8 Å². The molecule has 4 aromatic rings. The van der Waals surface area contributed by atoms with E-state index in [0.717, 1.165) is 9.99 Å². The van der Waals surface area contributed by atoms with Crippen molar-refractivity contribution in [2.75, 3.05) is 0 Å². The van der Waals surface area contributed by atoms with Crippen molar-refractivity contribution >= 4 is 33.3 Å². The van der Waals surface area contributed by atoms with E-state index >= 15 is 0 Å². The standard InChI is InChI=1S/C20H16N2OS2/c1-22-19(23)16-12-13-24-18(16)21-20(22)25-17(14-8-4-2-5-9-14)15-10-6-3-7-11-15/h2-13,17H,1H3. The maximum Gasteiger partial charge on any atom is 0.262 e. The van der Waals surface area contributed by atoms with Crippen LogP contribution in [0.5, 0.6) is 0 Å². The molecule has 5 heteroatoms. The van der Waals surface area contributed by atoms with Crippen LogP contribution in [0.3, 0.4) is 0 Å². The molecular weight excluding hydrogens is 348 g/mol. The lowest BCUT2D eigenvalue weighted by molar-refractivity contribution is 0.726. The second kappa shape index (κ2) is 6.86. The summed E-state index contributed by atoms with van der Waals surface area (Å²) in [6.45, 7) is 0. The first-order valence-electron chi connectivity index (χ1n) is 7.95. The Morgan fingerprint density at radius 1 is 0.960 bits per heavy atom. The highest BCUT2D eigenvalue weighted by Crippen LogP contribution is 2.39. The first-order chi connectivity index (χ1) is 12.2. The van der Waals surface area contributed by atoms with Gasteiger partial charge in [-0.2, -0.15) is 0 Å². The van der Waals surface area contributed by atoms with E-state index in [9.17, 15) is 4.79 Å². The van der Waals surface area contributed by atoms with Gasteiger partial charge in [0.2, 0.25) is 0 Å². The van der Waals surface area contributed by atoms with Crippen LogP contribution in [0, 0.1) is 0 Å². The summed E-state index contributed by atoms with van der Waals surface area (Å²) in [6, 6.07) is 22.5. The van der Waals surface area contributed by atoms with E-state index in [1.54, 1.807) is 23.4 Å². The van der Waals surface area contributed by atoms with Crippen LogP contribution in [0.1, 0.15) is 16.4 Å². The van der Waals surface area contributed by atoms with Crippen LogP contribution >= 0.6 is 23.1 Å². The topological polar surface area (TPSA) is 34.9 Å². The molecule has 0 unspecified atom stereocenters. The van der Waals surface area contributed by atoms with Crippen molar-refractivity contribution in [2.24, 2.45) is 7.05 Å². The molecule has 0 bridgehead atoms. The Kier molecular flexibility index (Phi) is 4.42. The van der Waals surface area contributed by atoms with Gasteiger partial charge in [-0.25, -0.2) is 4.98 Å². The van der Waals surface area contributed by atoms with Gasteiger partial charge >= 0.3 is 0 Å². The van der Waals surface area contributed by atoms with Gasteiger partial charge in [-0.05, 0) is 22.6 Å². The average molecular weight is 364 g/mol. The Morgan fingerprint density at radius 2 is 1.56 bits per heavy atom. The largest absolute Gasteiger partial charge is 0.290 e. The predicted octanol–water partition coefficient (Wildman–Crippen LogP) is 4.88. The molecule has 0 radical (unpaired) electrons. The highest BCUT2D eigenvalue weighted by Gasteiger charge is 2.19. The first kappa shape index (κ1) is 16.1. The monoisotopic (exact) mass is 364 g/mol. The molecule has 2 heterocycles. The molecule has 0 fully saturated rings. The van der Waals surface area contributed by atoms with E-state index in [4.69, 9.17) is 4.98 Å². The third kappa shape index (κ3) is 3.13. The Labute approximate surface area is 154 Å². The molecule has 4 rings (SSSR count). The third-order valence-corrected chi connectivity index (χ3v) is 6.25. The van der Waals surface area contributed by atoms with Crippen molar-refractivity contribution in [3.8, 4) is 0 Å². The van der Waals surface area contributed by atoms with Crippen LogP contribution in [0.25, 0.3) is 10.2 Å². The maximum atomic E-state index is 12.6. The van der Waals surface area contributed by atoms with E-state index < -0.39 is 0 Å². The Morgan fingerprint density at radius 3 is 2.16 bits per heavy atom. The van der Waals surface area contributed by atoms with Gasteiger partial charge in [0.25, 0.3) is 5.56 Å². The zero-order valence-electron chi connectivity index (χ0n) is 13.6. The second-order valence-corrected chi connectivity index (χ2v) is 7.68. The minimum absolute atomic E-state index is 0.00798. The SMILES string of the molecule is Cn1c(SC(c2ccccc2)c2ccccc2)nc2sccc2c1=O. The molecular formula is C20H16N2OS2. The Bertz CT molecular complexity index is 1020. The molecule has 25 heavy (non-hydrogen) atoms. The van der Waals surface area contributed by atoms with Crippen LogP contribution in [-0.2, 0) is 7.05 Å². The fraction of sp³-hybridized carbons (Fsp3) is 0.100. The number of thiophene rings is 1. The number of nitrogens with zero attached hydrogens (tertiary/aromatic N) is 2. The van der Waals surface area contributed by atoms with Crippen molar-refractivity contribution in [1.82, 2.24) is 9.55 Å². The van der Waals surface area contributed by atoms with Gasteiger partial charge in [0.1, 0.15) is 4.83 Å². The molecule has 2 aromatic carbocycles. The molecule has 0 spiro atoms. The lowest BCUT2D eigenvalue weighted by Crippen LogP contribution is -2.19. The second-order valence-electron chi connectivity index (χ2n) is 5.72. The van der Waals surface area contributed by atoms with Crippen LogP contribution in [0.15, 0.2) is 82.1 Å². The highest BCUT2D eigenvalue weighted by atomic mass is 32.2. The molecule has 0 aliphatic heterocycles. The summed E-state index contributed by atoms with van der Waals surface area (Å²) in [5.41, 5.74) is 2.40. The summed E-state index contributed by atoms with van der Waals surface area (Å²) < 4.78 is 1.65. The van der Waals surface area contributed by atoms with Gasteiger partial charge in [0.15, 0.2) is 5.16 Å². The maximum absolute atomic E-state index is 12.6. The molecule has 0 saturated heterocycles. The van der Waals surface area contributed by atoms with E-state index in [1.807, 2.05) is 47.8 Å². The van der Waals surface area contributed by atoms with Crippen LogP contribution in [0.4, 0.5) is 0 Å². The van der Waals surface area contributed by atoms with Gasteiger partial charge in [0, 0.05) is 7.05 Å². The normalized spacial score (nSPS) is 11.3. The van der Waals surface area contributed by atoms with Crippen LogP contribution in [0.2, 0.25) is 0 Å². The van der Waals surface area contributed by atoms with E-state index in [0.29, 0.717) is 5.39 Å².